The fourth-order valence-corrected chi connectivity index (χ4v) is 1.75. The average Bonchev–Trinajstić information content (AvgIpc) is 2.73. The molecule has 3 N–H and O–H groups in total. The van der Waals surface area contributed by atoms with Crippen molar-refractivity contribution in [2.24, 2.45) is 0 Å². The Bertz CT molecular complexity index is 639. The van der Waals surface area contributed by atoms with Crippen molar-refractivity contribution in [1.82, 2.24) is 4.98 Å². The number of carboxylic acids is 1. The molecule has 0 bridgehead atoms. The zero-order chi connectivity index (χ0) is 12.0. The van der Waals surface area contributed by atoms with Crippen LogP contribution in [-0.4, -0.2) is 22.9 Å². The van der Waals surface area contributed by atoms with Crippen molar-refractivity contribution in [2.45, 2.75) is 0 Å². The Hall–Kier alpha value is -2.50. The normalized spacial score (nSPS) is 12.9. The SMILES string of the molecule is Nc1cc(C(=O)O)nc2cc3c(cc12)OCO3. The van der Waals surface area contributed by atoms with E-state index in [4.69, 9.17) is 20.3 Å². The number of benzene rings is 1. The Morgan fingerprint density at radius 1 is 1.29 bits per heavy atom. The first-order valence-corrected chi connectivity index (χ1v) is 4.88. The van der Waals surface area contributed by atoms with Gasteiger partial charge in [-0.15, -0.1) is 0 Å². The number of carboxylic acid groups (broad SMARTS) is 1. The summed E-state index contributed by atoms with van der Waals surface area (Å²) in [5.41, 5.74) is 6.53. The van der Waals surface area contributed by atoms with Gasteiger partial charge in [0.05, 0.1) is 5.52 Å². The third-order valence-electron chi connectivity index (χ3n) is 2.55. The van der Waals surface area contributed by atoms with Crippen molar-refractivity contribution in [3.8, 4) is 11.5 Å². The van der Waals surface area contributed by atoms with Crippen LogP contribution in [0.1, 0.15) is 10.5 Å². The molecule has 1 aliphatic heterocycles. The number of nitrogens with two attached hydrogens (primary N) is 1. The highest BCUT2D eigenvalue weighted by molar-refractivity contribution is 5.97. The minimum atomic E-state index is -1.11. The number of anilines is 1. The molecule has 6 nitrogen and oxygen atoms in total. The maximum absolute atomic E-state index is 10.9. The molecule has 86 valence electrons. The molecule has 3 rings (SSSR count). The van der Waals surface area contributed by atoms with Crippen molar-refractivity contribution in [1.29, 1.82) is 0 Å². The first kappa shape index (κ1) is 9.71. The molecule has 0 spiro atoms. The first-order valence-electron chi connectivity index (χ1n) is 4.88. The molecule has 0 amide bonds. The number of pyridine rings is 1. The van der Waals surface area contributed by atoms with Crippen LogP contribution in [0.25, 0.3) is 10.9 Å². The second-order valence-corrected chi connectivity index (χ2v) is 3.62. The quantitative estimate of drug-likeness (QED) is 0.768. The van der Waals surface area contributed by atoms with Crippen LogP contribution in [0.5, 0.6) is 11.5 Å². The van der Waals surface area contributed by atoms with E-state index >= 15 is 0 Å². The number of aromatic nitrogens is 1. The van der Waals surface area contributed by atoms with Crippen molar-refractivity contribution < 1.29 is 19.4 Å². The van der Waals surface area contributed by atoms with E-state index in [1.807, 2.05) is 0 Å². The number of aromatic carboxylic acids is 1. The van der Waals surface area contributed by atoms with Crippen LogP contribution in [0, 0.1) is 0 Å². The van der Waals surface area contributed by atoms with Gasteiger partial charge in [-0.05, 0) is 12.1 Å². The molecule has 1 aromatic heterocycles. The average molecular weight is 232 g/mol. The molecule has 1 aromatic carbocycles. The standard InChI is InChI=1S/C11H8N2O4/c12-6-2-8(11(14)15)13-7-3-10-9(1-5(6)7)16-4-17-10/h1-3H,4H2,(H2,12,13)(H,14,15). The molecular formula is C11H8N2O4. The van der Waals surface area contributed by atoms with Gasteiger partial charge in [0, 0.05) is 17.1 Å². The van der Waals surface area contributed by atoms with Crippen molar-refractivity contribution >= 4 is 22.6 Å². The summed E-state index contributed by atoms with van der Waals surface area (Å²) in [7, 11) is 0. The zero-order valence-electron chi connectivity index (χ0n) is 8.64. The molecule has 0 radical (unpaired) electrons. The smallest absolute Gasteiger partial charge is 0.354 e. The lowest BCUT2D eigenvalue weighted by Gasteiger charge is -2.05. The van der Waals surface area contributed by atoms with E-state index in [2.05, 4.69) is 4.98 Å². The summed E-state index contributed by atoms with van der Waals surface area (Å²) in [5, 5.41) is 9.54. The molecule has 0 aliphatic carbocycles. The third kappa shape index (κ3) is 1.42. The minimum Gasteiger partial charge on any atom is -0.477 e. The molecule has 2 aromatic rings. The molecule has 17 heavy (non-hydrogen) atoms. The van der Waals surface area contributed by atoms with Crippen LogP contribution in [-0.2, 0) is 0 Å². The highest BCUT2D eigenvalue weighted by atomic mass is 16.7. The predicted octanol–water partition coefficient (Wildman–Crippen LogP) is 1.24. The molecule has 0 saturated carbocycles. The van der Waals surface area contributed by atoms with E-state index in [1.165, 1.54) is 6.07 Å². The highest BCUT2D eigenvalue weighted by Gasteiger charge is 2.17. The van der Waals surface area contributed by atoms with Gasteiger partial charge in [-0.25, -0.2) is 9.78 Å². The molecule has 0 atom stereocenters. The molecule has 6 heteroatoms. The molecule has 2 heterocycles. The van der Waals surface area contributed by atoms with Gasteiger partial charge in [-0.2, -0.15) is 0 Å². The second-order valence-electron chi connectivity index (χ2n) is 3.62. The van der Waals surface area contributed by atoms with Gasteiger partial charge in [0.2, 0.25) is 6.79 Å². The summed E-state index contributed by atoms with van der Waals surface area (Å²) in [6.45, 7) is 0.150. The van der Waals surface area contributed by atoms with E-state index in [-0.39, 0.29) is 12.5 Å². The number of ether oxygens (including phenoxy) is 2. The van der Waals surface area contributed by atoms with E-state index in [9.17, 15) is 4.79 Å². The monoisotopic (exact) mass is 232 g/mol. The van der Waals surface area contributed by atoms with Crippen LogP contribution in [0.15, 0.2) is 18.2 Å². The summed E-state index contributed by atoms with van der Waals surface area (Å²) in [4.78, 5) is 14.9. The van der Waals surface area contributed by atoms with E-state index < -0.39 is 5.97 Å². The highest BCUT2D eigenvalue weighted by Crippen LogP contribution is 2.37. The predicted molar refractivity (Wildman–Crippen MR) is 59.2 cm³/mol. The Labute approximate surface area is 95.6 Å². The van der Waals surface area contributed by atoms with E-state index in [0.29, 0.717) is 28.1 Å². The number of hydrogen-bond acceptors (Lipinski definition) is 5. The molecular weight excluding hydrogens is 224 g/mol. The topological polar surface area (TPSA) is 94.7 Å². The summed E-state index contributed by atoms with van der Waals surface area (Å²) < 4.78 is 10.4. The lowest BCUT2D eigenvalue weighted by molar-refractivity contribution is 0.0691. The number of fused-ring (bicyclic) bond motifs is 2. The summed E-state index contributed by atoms with van der Waals surface area (Å²) >= 11 is 0. The van der Waals surface area contributed by atoms with Gasteiger partial charge in [0.1, 0.15) is 0 Å². The van der Waals surface area contributed by atoms with E-state index in [1.54, 1.807) is 12.1 Å². The molecule has 0 saturated heterocycles. The van der Waals surface area contributed by atoms with Crippen LogP contribution >= 0.6 is 0 Å². The fourth-order valence-electron chi connectivity index (χ4n) is 1.75. The van der Waals surface area contributed by atoms with Gasteiger partial charge >= 0.3 is 5.97 Å². The van der Waals surface area contributed by atoms with Crippen molar-refractivity contribution in [3.05, 3.63) is 23.9 Å². The Morgan fingerprint density at radius 3 is 2.71 bits per heavy atom. The van der Waals surface area contributed by atoms with E-state index in [0.717, 1.165) is 0 Å². The summed E-state index contributed by atoms with van der Waals surface area (Å²) in [6, 6.07) is 4.65. The maximum Gasteiger partial charge on any atom is 0.354 e. The Balaban J connectivity index is 2.31. The lowest BCUT2D eigenvalue weighted by Crippen LogP contribution is -2.02. The maximum atomic E-state index is 10.9. The molecule has 0 unspecified atom stereocenters. The third-order valence-corrected chi connectivity index (χ3v) is 2.55. The zero-order valence-corrected chi connectivity index (χ0v) is 8.64. The number of carbonyl (C=O) groups is 1. The summed E-state index contributed by atoms with van der Waals surface area (Å²) in [6.07, 6.45) is 0. The molecule has 0 fully saturated rings. The first-order chi connectivity index (χ1) is 8.15. The number of rotatable bonds is 1. The Kier molecular flexibility index (Phi) is 1.85. The number of hydrogen-bond donors (Lipinski definition) is 2. The fraction of sp³-hybridized carbons (Fsp3) is 0.0909. The van der Waals surface area contributed by atoms with Gasteiger partial charge in [-0.1, -0.05) is 0 Å². The minimum absolute atomic E-state index is 0.0890. The van der Waals surface area contributed by atoms with Gasteiger partial charge in [0.15, 0.2) is 17.2 Å². The van der Waals surface area contributed by atoms with Crippen LogP contribution in [0.2, 0.25) is 0 Å². The second kappa shape index (κ2) is 3.24. The largest absolute Gasteiger partial charge is 0.477 e. The lowest BCUT2D eigenvalue weighted by atomic mass is 10.1. The van der Waals surface area contributed by atoms with Crippen LogP contribution in [0.3, 0.4) is 0 Å². The molecule has 1 aliphatic rings. The number of nitrogens with zero attached hydrogens (tertiary/aromatic N) is 1. The van der Waals surface area contributed by atoms with Crippen molar-refractivity contribution in [3.63, 3.8) is 0 Å². The number of nitrogen functional groups attached to an aromatic ring is 1. The van der Waals surface area contributed by atoms with Gasteiger partial charge < -0.3 is 20.3 Å². The van der Waals surface area contributed by atoms with Gasteiger partial charge in [-0.3, -0.25) is 0 Å². The van der Waals surface area contributed by atoms with Crippen LogP contribution < -0.4 is 15.2 Å². The van der Waals surface area contributed by atoms with Crippen LogP contribution in [0.4, 0.5) is 5.69 Å². The van der Waals surface area contributed by atoms with Crippen molar-refractivity contribution in [2.75, 3.05) is 12.5 Å². The van der Waals surface area contributed by atoms with Gasteiger partial charge in [0.25, 0.3) is 0 Å². The Morgan fingerprint density at radius 2 is 2.00 bits per heavy atom. The summed E-state index contributed by atoms with van der Waals surface area (Å²) in [5.74, 6) is 0.0253.